The van der Waals surface area contributed by atoms with Crippen molar-refractivity contribution in [1.82, 2.24) is 5.01 Å². The van der Waals surface area contributed by atoms with Crippen molar-refractivity contribution in [1.29, 1.82) is 0 Å². The molecule has 6 nitrogen and oxygen atoms in total. The molecule has 1 aliphatic carbocycles. The number of ether oxygens (including phenoxy) is 2. The highest BCUT2D eigenvalue weighted by molar-refractivity contribution is 6.07. The largest absolute Gasteiger partial charge is 0.466 e. The second-order valence-electron chi connectivity index (χ2n) is 11.4. The summed E-state index contributed by atoms with van der Waals surface area (Å²) in [6.07, 6.45) is 16.3. The molecule has 0 saturated heterocycles. The Kier molecular flexibility index (Phi) is 7.70. The van der Waals surface area contributed by atoms with Crippen molar-refractivity contribution in [2.45, 2.75) is 11.5 Å². The molecule has 1 unspecified atom stereocenters. The minimum atomic E-state index is -1.23. The smallest absolute Gasteiger partial charge is 0.356 e. The number of benzene rings is 4. The minimum absolute atomic E-state index is 0.00827. The van der Waals surface area contributed by atoms with Gasteiger partial charge in [-0.2, -0.15) is 5.10 Å². The average molecular weight is 635 g/mol. The van der Waals surface area contributed by atoms with E-state index < -0.39 is 23.4 Å². The van der Waals surface area contributed by atoms with E-state index in [-0.39, 0.29) is 11.3 Å². The van der Waals surface area contributed by atoms with Crippen LogP contribution in [0.3, 0.4) is 0 Å². The van der Waals surface area contributed by atoms with Gasteiger partial charge in [0.2, 0.25) is 0 Å². The maximum Gasteiger partial charge on any atom is 0.356 e. The summed E-state index contributed by atoms with van der Waals surface area (Å²) >= 11 is 0. The van der Waals surface area contributed by atoms with Gasteiger partial charge in [0.05, 0.1) is 31.2 Å². The van der Waals surface area contributed by atoms with Gasteiger partial charge in [-0.15, -0.1) is 12.8 Å². The molecule has 2 heterocycles. The van der Waals surface area contributed by atoms with E-state index in [1.807, 2.05) is 97.1 Å². The summed E-state index contributed by atoms with van der Waals surface area (Å²) in [5, 5.41) is 6.12. The number of rotatable bonds is 2. The molecule has 0 aromatic heterocycles. The van der Waals surface area contributed by atoms with Crippen molar-refractivity contribution in [2.75, 3.05) is 14.2 Å². The van der Waals surface area contributed by atoms with E-state index in [0.29, 0.717) is 11.1 Å². The van der Waals surface area contributed by atoms with Gasteiger partial charge in [0.1, 0.15) is 0 Å². The van der Waals surface area contributed by atoms with E-state index in [1.54, 1.807) is 11.2 Å². The van der Waals surface area contributed by atoms with Gasteiger partial charge < -0.3 is 9.47 Å². The Morgan fingerprint density at radius 3 is 1.59 bits per heavy atom. The molecule has 1 atom stereocenters. The van der Waals surface area contributed by atoms with E-state index in [1.165, 1.54) is 14.2 Å². The first-order chi connectivity index (χ1) is 23.9. The lowest BCUT2D eigenvalue weighted by molar-refractivity contribution is -0.140. The van der Waals surface area contributed by atoms with Crippen LogP contribution in [0, 0.1) is 48.4 Å². The third-order valence-corrected chi connectivity index (χ3v) is 8.89. The van der Waals surface area contributed by atoms with Gasteiger partial charge in [-0.25, -0.2) is 14.6 Å². The van der Waals surface area contributed by atoms with Crippen molar-refractivity contribution in [3.63, 3.8) is 0 Å². The predicted octanol–water partition coefficient (Wildman–Crippen LogP) is 5.56. The Labute approximate surface area is 284 Å². The second kappa shape index (κ2) is 12.3. The molecule has 2 aliphatic heterocycles. The first kappa shape index (κ1) is 30.7. The number of fused-ring (bicyclic) bond motifs is 7. The van der Waals surface area contributed by atoms with Crippen LogP contribution in [-0.4, -0.2) is 43.4 Å². The number of esters is 2. The molecular weight excluding hydrogens is 608 g/mol. The molecule has 0 amide bonds. The highest BCUT2D eigenvalue weighted by Crippen LogP contribution is 2.61. The maximum atomic E-state index is 14.0. The monoisotopic (exact) mass is 634 g/mol. The summed E-state index contributed by atoms with van der Waals surface area (Å²) in [5.41, 5.74) is 6.81. The molecule has 7 rings (SSSR count). The Balaban J connectivity index is 1.47. The number of allylic oxidation sites excluding steroid dienone is 1. The quantitative estimate of drug-likeness (QED) is 0.214. The lowest BCUT2D eigenvalue weighted by atomic mass is 9.67. The van der Waals surface area contributed by atoms with E-state index >= 15 is 0 Å². The number of carbonyl (C=O) groups excluding carboxylic acids is 2. The molecule has 0 bridgehead atoms. The maximum absolute atomic E-state index is 14.0. The number of nitrogens with zero attached hydrogens (tertiary/aromatic N) is 2. The molecule has 232 valence electrons. The summed E-state index contributed by atoms with van der Waals surface area (Å²) in [7, 11) is 2.57. The molecule has 0 radical (unpaired) electrons. The highest BCUT2D eigenvalue weighted by Gasteiger charge is 2.63. The third kappa shape index (κ3) is 4.97. The summed E-state index contributed by atoms with van der Waals surface area (Å²) in [4.78, 5) is 27.5. The van der Waals surface area contributed by atoms with Gasteiger partial charge >= 0.3 is 11.9 Å². The summed E-state index contributed by atoms with van der Waals surface area (Å²) in [6.45, 7) is 0. The molecule has 0 fully saturated rings. The highest BCUT2D eigenvalue weighted by atomic mass is 16.5. The molecule has 0 N–H and O–H groups in total. The van der Waals surface area contributed by atoms with Crippen LogP contribution in [0.25, 0.3) is 11.1 Å². The zero-order chi connectivity index (χ0) is 34.1. The van der Waals surface area contributed by atoms with Crippen LogP contribution in [0.2, 0.25) is 0 Å². The van der Waals surface area contributed by atoms with Crippen LogP contribution in [-0.2, 0) is 24.5 Å². The van der Waals surface area contributed by atoms with E-state index in [4.69, 9.17) is 22.3 Å². The molecule has 6 heteroatoms. The zero-order valence-electron chi connectivity index (χ0n) is 26.6. The fourth-order valence-electron chi connectivity index (χ4n) is 6.73. The number of hydrogen-bond acceptors (Lipinski definition) is 6. The van der Waals surface area contributed by atoms with E-state index in [0.717, 1.165) is 44.5 Å². The van der Waals surface area contributed by atoms with Gasteiger partial charge in [0.15, 0.2) is 5.70 Å². The molecule has 0 saturated carbocycles. The first-order valence-corrected chi connectivity index (χ1v) is 15.3. The summed E-state index contributed by atoms with van der Waals surface area (Å²) in [5.74, 6) is 16.8. The lowest BCUT2D eigenvalue weighted by Crippen LogP contribution is -2.44. The van der Waals surface area contributed by atoms with Crippen LogP contribution in [0.1, 0.15) is 44.5 Å². The number of terminal acetylenes is 2. The number of carbonyl (C=O) groups is 2. The predicted molar refractivity (Wildman–Crippen MR) is 188 cm³/mol. The SMILES string of the molecule is C#Cc1ccc(C#Cc2ccc3c(c2)C2(C(C(=O)OC)=C(C(=O)OC)N4N=CC=CC42)c2cc(C#Cc4ccc(C#C)cc4)ccc2-3)cc1. The van der Waals surface area contributed by atoms with Gasteiger partial charge in [-0.1, -0.05) is 53.7 Å². The van der Waals surface area contributed by atoms with Gasteiger partial charge in [0, 0.05) is 39.6 Å². The van der Waals surface area contributed by atoms with Gasteiger partial charge in [-0.3, -0.25) is 0 Å². The minimum Gasteiger partial charge on any atom is -0.466 e. The summed E-state index contributed by atoms with van der Waals surface area (Å²) in [6, 6.07) is 26.1. The van der Waals surface area contributed by atoms with Crippen molar-refractivity contribution in [3.8, 4) is 59.5 Å². The van der Waals surface area contributed by atoms with Crippen LogP contribution >= 0.6 is 0 Å². The fourth-order valence-corrected chi connectivity index (χ4v) is 6.73. The number of hydrazone groups is 1. The Bertz CT molecular complexity index is 2250. The van der Waals surface area contributed by atoms with Crippen molar-refractivity contribution in [3.05, 3.63) is 153 Å². The fraction of sp³-hybridized carbons (Fsp3) is 0.0930. The van der Waals surface area contributed by atoms with Crippen molar-refractivity contribution < 1.29 is 19.1 Å². The zero-order valence-corrected chi connectivity index (χ0v) is 26.6. The molecule has 4 aromatic rings. The molecular formula is C43H26N2O4. The van der Waals surface area contributed by atoms with E-state index in [9.17, 15) is 9.59 Å². The topological polar surface area (TPSA) is 68.2 Å². The van der Waals surface area contributed by atoms with Crippen LogP contribution < -0.4 is 0 Å². The Morgan fingerprint density at radius 1 is 0.673 bits per heavy atom. The van der Waals surface area contributed by atoms with E-state index in [2.05, 4.69) is 40.6 Å². The average Bonchev–Trinajstić information content (AvgIpc) is 3.62. The standard InChI is InChI=1S/C43H26N2O4/c1-5-28-9-13-30(14-10-28)17-19-32-21-23-34-35-24-22-33(20-18-31-15-11-29(6-2)12-16-31)27-37(35)43(36(34)26-32)38-8-7-25-44-45(38)40(42(47)49-4)39(43)41(46)48-3/h1-2,7-16,21-27,38H,3-4H3. The van der Waals surface area contributed by atoms with Crippen molar-refractivity contribution >= 4 is 18.2 Å². The number of methoxy groups -OCH3 is 2. The second-order valence-corrected chi connectivity index (χ2v) is 11.4. The Hall–Kier alpha value is -6.99. The van der Waals surface area contributed by atoms with Crippen LogP contribution in [0.4, 0.5) is 0 Å². The lowest BCUT2D eigenvalue weighted by Gasteiger charge is -2.36. The first-order valence-electron chi connectivity index (χ1n) is 15.3. The van der Waals surface area contributed by atoms with Crippen LogP contribution in [0.15, 0.2) is 113 Å². The number of hydrogen-bond donors (Lipinski definition) is 0. The molecule has 49 heavy (non-hydrogen) atoms. The Morgan fingerprint density at radius 2 is 1.12 bits per heavy atom. The summed E-state index contributed by atoms with van der Waals surface area (Å²) < 4.78 is 10.6. The molecule has 3 aliphatic rings. The molecule has 4 aromatic carbocycles. The van der Waals surface area contributed by atoms with Gasteiger partial charge in [0.25, 0.3) is 0 Å². The third-order valence-electron chi connectivity index (χ3n) is 8.89. The van der Waals surface area contributed by atoms with Crippen molar-refractivity contribution in [2.24, 2.45) is 5.10 Å². The normalized spacial score (nSPS) is 15.4. The molecule has 1 spiro atoms. The van der Waals surface area contributed by atoms with Crippen LogP contribution in [0.5, 0.6) is 0 Å². The van der Waals surface area contributed by atoms with Gasteiger partial charge in [-0.05, 0) is 101 Å².